The first kappa shape index (κ1) is 16.7. The molecule has 0 aromatic heterocycles. The van der Waals surface area contributed by atoms with E-state index < -0.39 is 10.0 Å². The number of aliphatic hydroxyl groups excluding tert-OH is 1. The Kier molecular flexibility index (Phi) is 5.38. The Labute approximate surface area is 129 Å². The standard InChI is InChI=1S/C14H20N2O5S/c1-2-3-14(18)16-7-9-21-13-5-4-11(10-12(13)16)22(19,20)15-6-8-17/h4-5,10,15,17H,2-3,6-9H2,1H3. The molecule has 0 saturated carbocycles. The molecule has 1 aromatic carbocycles. The van der Waals surface area contributed by atoms with Gasteiger partial charge in [0.25, 0.3) is 0 Å². The second kappa shape index (κ2) is 7.08. The Hall–Kier alpha value is -1.64. The molecule has 122 valence electrons. The summed E-state index contributed by atoms with van der Waals surface area (Å²) < 4.78 is 32.0. The number of rotatable bonds is 6. The second-order valence-corrected chi connectivity index (χ2v) is 6.66. The highest BCUT2D eigenvalue weighted by atomic mass is 32.2. The molecular weight excluding hydrogens is 308 g/mol. The van der Waals surface area contributed by atoms with E-state index in [0.717, 1.165) is 6.42 Å². The van der Waals surface area contributed by atoms with Gasteiger partial charge in [-0.3, -0.25) is 4.79 Å². The number of anilines is 1. The van der Waals surface area contributed by atoms with Crippen molar-refractivity contribution >= 4 is 21.6 Å². The number of hydrogen-bond donors (Lipinski definition) is 2. The van der Waals surface area contributed by atoms with Crippen LogP contribution in [0.3, 0.4) is 0 Å². The average Bonchev–Trinajstić information content (AvgIpc) is 2.52. The van der Waals surface area contributed by atoms with Crippen LogP contribution in [-0.4, -0.2) is 45.7 Å². The summed E-state index contributed by atoms with van der Waals surface area (Å²) in [6, 6.07) is 4.41. The Balaban J connectivity index is 2.35. The van der Waals surface area contributed by atoms with Crippen LogP contribution in [0.25, 0.3) is 0 Å². The molecule has 22 heavy (non-hydrogen) atoms. The zero-order chi connectivity index (χ0) is 16.2. The van der Waals surface area contributed by atoms with Crippen molar-refractivity contribution in [1.82, 2.24) is 4.72 Å². The Morgan fingerprint density at radius 2 is 2.23 bits per heavy atom. The normalized spacial score (nSPS) is 14.4. The summed E-state index contributed by atoms with van der Waals surface area (Å²) in [5.41, 5.74) is 0.469. The lowest BCUT2D eigenvalue weighted by atomic mass is 10.2. The molecular formula is C14H20N2O5S. The lowest BCUT2D eigenvalue weighted by Gasteiger charge is -2.30. The Morgan fingerprint density at radius 1 is 1.45 bits per heavy atom. The fourth-order valence-electron chi connectivity index (χ4n) is 2.24. The van der Waals surface area contributed by atoms with Crippen LogP contribution in [0.1, 0.15) is 19.8 Å². The van der Waals surface area contributed by atoms with Gasteiger partial charge in [-0.2, -0.15) is 0 Å². The molecule has 0 saturated heterocycles. The van der Waals surface area contributed by atoms with Gasteiger partial charge in [-0.15, -0.1) is 0 Å². The molecule has 1 aliphatic heterocycles. The van der Waals surface area contributed by atoms with Crippen molar-refractivity contribution in [3.8, 4) is 5.75 Å². The molecule has 1 aromatic rings. The molecule has 7 nitrogen and oxygen atoms in total. The van der Waals surface area contributed by atoms with Gasteiger partial charge in [-0.05, 0) is 24.6 Å². The number of carbonyl (C=O) groups excluding carboxylic acids is 1. The lowest BCUT2D eigenvalue weighted by molar-refractivity contribution is -0.118. The van der Waals surface area contributed by atoms with Crippen molar-refractivity contribution in [2.24, 2.45) is 0 Å². The van der Waals surface area contributed by atoms with E-state index >= 15 is 0 Å². The number of benzene rings is 1. The summed E-state index contributed by atoms with van der Waals surface area (Å²) in [5.74, 6) is 0.446. The third-order valence-electron chi connectivity index (χ3n) is 3.27. The highest BCUT2D eigenvalue weighted by Gasteiger charge is 2.25. The highest BCUT2D eigenvalue weighted by molar-refractivity contribution is 7.89. The topological polar surface area (TPSA) is 95.9 Å². The predicted octanol–water partition coefficient (Wildman–Crippen LogP) is 0.483. The average molecular weight is 328 g/mol. The first-order valence-electron chi connectivity index (χ1n) is 7.17. The van der Waals surface area contributed by atoms with Gasteiger partial charge < -0.3 is 14.7 Å². The summed E-state index contributed by atoms with van der Waals surface area (Å²) in [7, 11) is -3.72. The van der Waals surface area contributed by atoms with Crippen LogP contribution in [-0.2, 0) is 14.8 Å². The van der Waals surface area contributed by atoms with Crippen LogP contribution in [0.5, 0.6) is 5.75 Å². The summed E-state index contributed by atoms with van der Waals surface area (Å²) in [6.07, 6.45) is 1.13. The number of fused-ring (bicyclic) bond motifs is 1. The van der Waals surface area contributed by atoms with Crippen LogP contribution in [0, 0.1) is 0 Å². The molecule has 0 spiro atoms. The van der Waals surface area contributed by atoms with E-state index in [1.807, 2.05) is 6.92 Å². The molecule has 0 unspecified atom stereocenters. The van der Waals surface area contributed by atoms with Gasteiger partial charge in [0.15, 0.2) is 0 Å². The fraction of sp³-hybridized carbons (Fsp3) is 0.500. The molecule has 2 rings (SSSR count). The maximum atomic E-state index is 12.2. The molecule has 0 fully saturated rings. The molecule has 1 aliphatic rings. The minimum atomic E-state index is -3.72. The number of amides is 1. The van der Waals surface area contributed by atoms with E-state index in [4.69, 9.17) is 9.84 Å². The van der Waals surface area contributed by atoms with Crippen LogP contribution in [0.4, 0.5) is 5.69 Å². The zero-order valence-corrected chi connectivity index (χ0v) is 13.2. The maximum Gasteiger partial charge on any atom is 0.240 e. The van der Waals surface area contributed by atoms with Gasteiger partial charge in [0, 0.05) is 13.0 Å². The minimum absolute atomic E-state index is 0.0412. The van der Waals surface area contributed by atoms with Crippen molar-refractivity contribution < 1.29 is 23.1 Å². The van der Waals surface area contributed by atoms with Gasteiger partial charge >= 0.3 is 0 Å². The molecule has 0 aliphatic carbocycles. The van der Waals surface area contributed by atoms with Gasteiger partial charge in [0.2, 0.25) is 15.9 Å². The molecule has 1 heterocycles. The largest absolute Gasteiger partial charge is 0.490 e. The van der Waals surface area contributed by atoms with Crippen molar-refractivity contribution in [3.63, 3.8) is 0 Å². The predicted molar refractivity (Wildman–Crippen MR) is 81.5 cm³/mol. The molecule has 0 atom stereocenters. The number of hydrogen-bond acceptors (Lipinski definition) is 5. The highest BCUT2D eigenvalue weighted by Crippen LogP contribution is 2.34. The maximum absolute atomic E-state index is 12.2. The zero-order valence-electron chi connectivity index (χ0n) is 12.4. The number of nitrogens with zero attached hydrogens (tertiary/aromatic N) is 1. The van der Waals surface area contributed by atoms with Crippen molar-refractivity contribution in [1.29, 1.82) is 0 Å². The molecule has 0 radical (unpaired) electrons. The molecule has 0 bridgehead atoms. The third-order valence-corrected chi connectivity index (χ3v) is 4.73. The van der Waals surface area contributed by atoms with E-state index in [1.54, 1.807) is 11.0 Å². The number of nitrogens with one attached hydrogen (secondary N) is 1. The van der Waals surface area contributed by atoms with Crippen LogP contribution in [0.15, 0.2) is 23.1 Å². The van der Waals surface area contributed by atoms with Crippen molar-refractivity contribution in [2.75, 3.05) is 31.2 Å². The van der Waals surface area contributed by atoms with Crippen LogP contribution < -0.4 is 14.4 Å². The Morgan fingerprint density at radius 3 is 2.91 bits per heavy atom. The van der Waals surface area contributed by atoms with Crippen molar-refractivity contribution in [2.45, 2.75) is 24.7 Å². The van der Waals surface area contributed by atoms with Gasteiger partial charge in [0.1, 0.15) is 12.4 Å². The van der Waals surface area contributed by atoms with E-state index in [0.29, 0.717) is 31.0 Å². The van der Waals surface area contributed by atoms with Gasteiger partial charge in [0.05, 0.1) is 23.7 Å². The monoisotopic (exact) mass is 328 g/mol. The summed E-state index contributed by atoms with van der Waals surface area (Å²) in [5, 5.41) is 8.74. The van der Waals surface area contributed by atoms with Crippen LogP contribution >= 0.6 is 0 Å². The summed E-state index contributed by atoms with van der Waals surface area (Å²) in [4.78, 5) is 13.8. The third kappa shape index (κ3) is 3.57. The molecule has 8 heteroatoms. The number of carbonyl (C=O) groups is 1. The van der Waals surface area contributed by atoms with E-state index in [2.05, 4.69) is 4.72 Å². The van der Waals surface area contributed by atoms with Gasteiger partial charge in [-0.25, -0.2) is 13.1 Å². The second-order valence-electron chi connectivity index (χ2n) is 4.89. The summed E-state index contributed by atoms with van der Waals surface area (Å²) >= 11 is 0. The van der Waals surface area contributed by atoms with Crippen LogP contribution in [0.2, 0.25) is 0 Å². The van der Waals surface area contributed by atoms with Gasteiger partial charge in [-0.1, -0.05) is 6.92 Å². The first-order valence-corrected chi connectivity index (χ1v) is 8.65. The van der Waals surface area contributed by atoms with E-state index in [1.165, 1.54) is 12.1 Å². The Bertz CT molecular complexity index is 645. The minimum Gasteiger partial charge on any atom is -0.490 e. The fourth-order valence-corrected chi connectivity index (χ4v) is 3.28. The smallest absolute Gasteiger partial charge is 0.240 e. The SMILES string of the molecule is CCCC(=O)N1CCOc2ccc(S(=O)(=O)NCCO)cc21. The van der Waals surface area contributed by atoms with E-state index in [9.17, 15) is 13.2 Å². The van der Waals surface area contributed by atoms with E-state index in [-0.39, 0.29) is 24.0 Å². The summed E-state index contributed by atoms with van der Waals surface area (Å²) in [6.45, 7) is 2.36. The molecule has 2 N–H and O–H groups in total. The number of ether oxygens (including phenoxy) is 1. The number of aliphatic hydroxyl groups is 1. The first-order chi connectivity index (χ1) is 10.5. The number of sulfonamides is 1. The van der Waals surface area contributed by atoms with Crippen molar-refractivity contribution in [3.05, 3.63) is 18.2 Å². The molecule has 1 amide bonds. The quantitative estimate of drug-likeness (QED) is 0.792. The lowest BCUT2D eigenvalue weighted by Crippen LogP contribution is -2.38.